The van der Waals surface area contributed by atoms with E-state index in [1.54, 1.807) is 31.2 Å². The van der Waals surface area contributed by atoms with Gasteiger partial charge in [-0.15, -0.1) is 0 Å². The highest BCUT2D eigenvalue weighted by molar-refractivity contribution is 9.10. The molecule has 0 spiro atoms. The second-order valence-corrected chi connectivity index (χ2v) is 7.39. The standard InChI is InChI=1S/C14H12BrFN2O4S/c1-9(10-2-4-11(15)5-3-10)17-23(21,22)12-6-7-13(16)14(8-12)18(19)20/h2-9,17H,1H3/t9-/m0/s1. The van der Waals surface area contributed by atoms with E-state index in [1.165, 1.54) is 0 Å². The van der Waals surface area contributed by atoms with Gasteiger partial charge in [0.1, 0.15) is 0 Å². The second-order valence-electron chi connectivity index (χ2n) is 4.76. The molecule has 2 aromatic rings. The zero-order chi connectivity index (χ0) is 17.2. The molecule has 1 N–H and O–H groups in total. The van der Waals surface area contributed by atoms with E-state index in [1.807, 2.05) is 0 Å². The Morgan fingerprint density at radius 1 is 1.22 bits per heavy atom. The van der Waals surface area contributed by atoms with Gasteiger partial charge < -0.3 is 0 Å². The SMILES string of the molecule is C[C@H](NS(=O)(=O)c1ccc(F)c([N+](=O)[O-])c1)c1ccc(Br)cc1. The van der Waals surface area contributed by atoms with E-state index in [4.69, 9.17) is 0 Å². The molecule has 0 unspecified atom stereocenters. The largest absolute Gasteiger partial charge is 0.306 e. The maximum Gasteiger partial charge on any atom is 0.306 e. The third kappa shape index (κ3) is 4.12. The average molecular weight is 403 g/mol. The van der Waals surface area contributed by atoms with E-state index < -0.39 is 32.5 Å². The highest BCUT2D eigenvalue weighted by Gasteiger charge is 2.23. The molecule has 1 atom stereocenters. The van der Waals surface area contributed by atoms with E-state index >= 15 is 0 Å². The van der Waals surface area contributed by atoms with Crippen LogP contribution >= 0.6 is 15.9 Å². The van der Waals surface area contributed by atoms with Crippen LogP contribution in [0.5, 0.6) is 0 Å². The van der Waals surface area contributed by atoms with E-state index in [2.05, 4.69) is 20.7 Å². The number of nitro groups is 1. The fourth-order valence-electron chi connectivity index (χ4n) is 1.92. The first kappa shape index (κ1) is 17.5. The highest BCUT2D eigenvalue weighted by Crippen LogP contribution is 2.23. The van der Waals surface area contributed by atoms with Crippen molar-refractivity contribution in [3.05, 3.63) is 68.4 Å². The third-order valence-electron chi connectivity index (χ3n) is 3.13. The predicted molar refractivity (Wildman–Crippen MR) is 85.9 cm³/mol. The Balaban J connectivity index is 2.30. The first-order valence-corrected chi connectivity index (χ1v) is 8.70. The van der Waals surface area contributed by atoms with Crippen LogP contribution in [-0.2, 0) is 10.0 Å². The Morgan fingerprint density at radius 3 is 2.39 bits per heavy atom. The fraction of sp³-hybridized carbons (Fsp3) is 0.143. The lowest BCUT2D eigenvalue weighted by Crippen LogP contribution is -2.27. The number of benzene rings is 2. The Kier molecular flexibility index (Phi) is 5.12. The quantitative estimate of drug-likeness (QED) is 0.611. The molecule has 0 aliphatic carbocycles. The van der Waals surface area contributed by atoms with Crippen LogP contribution in [0.15, 0.2) is 51.8 Å². The monoisotopic (exact) mass is 402 g/mol. The number of sulfonamides is 1. The van der Waals surface area contributed by atoms with Crippen molar-refractivity contribution in [1.82, 2.24) is 4.72 Å². The molecule has 0 radical (unpaired) electrons. The first-order valence-electron chi connectivity index (χ1n) is 6.42. The summed E-state index contributed by atoms with van der Waals surface area (Å²) in [6, 6.07) is 8.90. The molecule has 0 fully saturated rings. The molecule has 0 bridgehead atoms. The van der Waals surface area contributed by atoms with Crippen LogP contribution in [0.4, 0.5) is 10.1 Å². The maximum atomic E-state index is 13.3. The zero-order valence-electron chi connectivity index (χ0n) is 11.9. The molecule has 6 nitrogen and oxygen atoms in total. The minimum Gasteiger partial charge on any atom is -0.258 e. The molecule has 0 heterocycles. The predicted octanol–water partition coefficient (Wildman–Crippen LogP) is 3.54. The van der Waals surface area contributed by atoms with Crippen molar-refractivity contribution in [1.29, 1.82) is 0 Å². The normalized spacial score (nSPS) is 12.8. The van der Waals surface area contributed by atoms with Crippen LogP contribution < -0.4 is 4.72 Å². The van der Waals surface area contributed by atoms with Crippen LogP contribution in [0.2, 0.25) is 0 Å². The summed E-state index contributed by atoms with van der Waals surface area (Å²) in [7, 11) is -4.02. The van der Waals surface area contributed by atoms with Crippen molar-refractivity contribution in [2.75, 3.05) is 0 Å². The highest BCUT2D eigenvalue weighted by atomic mass is 79.9. The zero-order valence-corrected chi connectivity index (χ0v) is 14.3. The molecule has 2 aromatic carbocycles. The molecule has 23 heavy (non-hydrogen) atoms. The van der Waals surface area contributed by atoms with Crippen molar-refractivity contribution >= 4 is 31.6 Å². The van der Waals surface area contributed by atoms with Crippen LogP contribution in [0.1, 0.15) is 18.5 Å². The van der Waals surface area contributed by atoms with Crippen LogP contribution in [-0.4, -0.2) is 13.3 Å². The molecule has 122 valence electrons. The lowest BCUT2D eigenvalue weighted by Gasteiger charge is -2.14. The van der Waals surface area contributed by atoms with Gasteiger partial charge in [-0.25, -0.2) is 13.1 Å². The van der Waals surface area contributed by atoms with Crippen molar-refractivity contribution in [2.45, 2.75) is 17.9 Å². The van der Waals surface area contributed by atoms with Crippen molar-refractivity contribution in [3.8, 4) is 0 Å². The van der Waals surface area contributed by atoms with E-state index in [-0.39, 0.29) is 4.90 Å². The van der Waals surface area contributed by atoms with Gasteiger partial charge in [-0.3, -0.25) is 10.1 Å². The summed E-state index contributed by atoms with van der Waals surface area (Å²) in [5.74, 6) is -1.09. The summed E-state index contributed by atoms with van der Waals surface area (Å²) in [6.45, 7) is 1.64. The summed E-state index contributed by atoms with van der Waals surface area (Å²) in [5, 5.41) is 10.7. The van der Waals surface area contributed by atoms with E-state index in [0.29, 0.717) is 11.6 Å². The van der Waals surface area contributed by atoms with Crippen LogP contribution in [0, 0.1) is 15.9 Å². The van der Waals surface area contributed by atoms with Gasteiger partial charge in [0.15, 0.2) is 0 Å². The smallest absolute Gasteiger partial charge is 0.258 e. The Labute approximate surface area is 140 Å². The van der Waals surface area contributed by atoms with Crippen molar-refractivity contribution < 1.29 is 17.7 Å². The number of hydrogen-bond acceptors (Lipinski definition) is 4. The van der Waals surface area contributed by atoms with E-state index in [9.17, 15) is 22.9 Å². The van der Waals surface area contributed by atoms with Gasteiger partial charge in [0.05, 0.1) is 9.82 Å². The van der Waals surface area contributed by atoms with Gasteiger partial charge >= 0.3 is 5.69 Å². The molecule has 0 aliphatic heterocycles. The molecule has 0 amide bonds. The van der Waals surface area contributed by atoms with Gasteiger partial charge in [0, 0.05) is 16.6 Å². The Hall–Kier alpha value is -1.84. The van der Waals surface area contributed by atoms with Crippen molar-refractivity contribution in [3.63, 3.8) is 0 Å². The molecule has 2 rings (SSSR count). The number of nitro benzene ring substituents is 1. The van der Waals surface area contributed by atoms with Gasteiger partial charge in [-0.2, -0.15) is 4.39 Å². The molecule has 0 aromatic heterocycles. The lowest BCUT2D eigenvalue weighted by atomic mass is 10.1. The Bertz CT molecular complexity index is 840. The summed E-state index contributed by atoms with van der Waals surface area (Å²) in [5.41, 5.74) is -0.169. The second kappa shape index (κ2) is 6.73. The van der Waals surface area contributed by atoms with Gasteiger partial charge in [-0.1, -0.05) is 28.1 Å². The minimum absolute atomic E-state index is 0.366. The molecular weight excluding hydrogens is 391 g/mol. The van der Waals surface area contributed by atoms with Crippen LogP contribution in [0.25, 0.3) is 0 Å². The molecule has 0 saturated heterocycles. The van der Waals surface area contributed by atoms with Gasteiger partial charge in [-0.05, 0) is 36.8 Å². The maximum absolute atomic E-state index is 13.3. The summed E-state index contributed by atoms with van der Waals surface area (Å²) < 4.78 is 41.2. The number of rotatable bonds is 5. The summed E-state index contributed by atoms with van der Waals surface area (Å²) in [4.78, 5) is 9.39. The molecular formula is C14H12BrFN2O4S. The number of halogens is 2. The third-order valence-corrected chi connectivity index (χ3v) is 5.19. The molecule has 9 heteroatoms. The van der Waals surface area contributed by atoms with Crippen LogP contribution in [0.3, 0.4) is 0 Å². The number of hydrogen-bond donors (Lipinski definition) is 1. The molecule has 0 saturated carbocycles. The first-order chi connectivity index (χ1) is 10.7. The lowest BCUT2D eigenvalue weighted by molar-refractivity contribution is -0.387. The van der Waals surface area contributed by atoms with Crippen molar-refractivity contribution in [2.24, 2.45) is 0 Å². The fourth-order valence-corrected chi connectivity index (χ4v) is 3.44. The summed E-state index contributed by atoms with van der Waals surface area (Å²) in [6.07, 6.45) is 0. The van der Waals surface area contributed by atoms with Gasteiger partial charge in [0.25, 0.3) is 0 Å². The Morgan fingerprint density at radius 2 is 1.83 bits per heavy atom. The molecule has 0 aliphatic rings. The average Bonchev–Trinajstić information content (AvgIpc) is 2.47. The number of nitrogens with zero attached hydrogens (tertiary/aromatic N) is 1. The summed E-state index contributed by atoms with van der Waals surface area (Å²) >= 11 is 3.28. The van der Waals surface area contributed by atoms with Gasteiger partial charge in [0.2, 0.25) is 15.8 Å². The topological polar surface area (TPSA) is 89.3 Å². The number of nitrogens with one attached hydrogen (secondary N) is 1. The minimum atomic E-state index is -4.02. The van der Waals surface area contributed by atoms with E-state index in [0.717, 1.165) is 16.6 Å².